The number of aryl methyl sites for hydroxylation is 1. The van der Waals surface area contributed by atoms with E-state index in [2.05, 4.69) is 10.1 Å². The highest BCUT2D eigenvalue weighted by Gasteiger charge is 2.11. The minimum Gasteiger partial charge on any atom is -0.456 e. The van der Waals surface area contributed by atoms with Crippen molar-refractivity contribution in [2.75, 3.05) is 0 Å². The van der Waals surface area contributed by atoms with Crippen LogP contribution in [0.15, 0.2) is 35.1 Å². The van der Waals surface area contributed by atoms with Crippen LogP contribution < -0.4 is 5.56 Å². The number of benzene rings is 1. The Bertz CT molecular complexity index is 919. The van der Waals surface area contributed by atoms with Gasteiger partial charge < -0.3 is 4.74 Å². The zero-order valence-corrected chi connectivity index (χ0v) is 12.3. The maximum atomic E-state index is 13.1. The number of aromatic nitrogens is 3. The van der Waals surface area contributed by atoms with Crippen molar-refractivity contribution < 1.29 is 13.9 Å². The van der Waals surface area contributed by atoms with Crippen LogP contribution in [0.2, 0.25) is 0 Å². The SMILES string of the molecule is Cc1nn2c(=O)cc(COC(=O)c3cccc(F)c3)nc2s1. The molecule has 0 saturated carbocycles. The van der Waals surface area contributed by atoms with Crippen LogP contribution in [0.3, 0.4) is 0 Å². The molecule has 0 aliphatic rings. The van der Waals surface area contributed by atoms with Crippen molar-refractivity contribution in [3.05, 3.63) is 62.8 Å². The van der Waals surface area contributed by atoms with Crippen molar-refractivity contribution >= 4 is 22.3 Å². The molecule has 0 fully saturated rings. The fraction of sp³-hybridized carbons (Fsp3) is 0.143. The van der Waals surface area contributed by atoms with Gasteiger partial charge in [0, 0.05) is 6.07 Å². The third kappa shape index (κ3) is 2.86. The highest BCUT2D eigenvalue weighted by Crippen LogP contribution is 2.11. The van der Waals surface area contributed by atoms with Crippen LogP contribution in [0.4, 0.5) is 4.39 Å². The number of ether oxygens (including phenoxy) is 1. The second-order valence-corrected chi connectivity index (χ2v) is 5.65. The number of halogens is 1. The van der Waals surface area contributed by atoms with Crippen LogP contribution in [0, 0.1) is 12.7 Å². The van der Waals surface area contributed by atoms with Gasteiger partial charge in [-0.15, -0.1) is 0 Å². The summed E-state index contributed by atoms with van der Waals surface area (Å²) in [7, 11) is 0. The lowest BCUT2D eigenvalue weighted by atomic mass is 10.2. The minimum absolute atomic E-state index is 0.103. The monoisotopic (exact) mass is 319 g/mol. The first kappa shape index (κ1) is 14.3. The molecule has 0 saturated heterocycles. The van der Waals surface area contributed by atoms with E-state index < -0.39 is 11.8 Å². The van der Waals surface area contributed by atoms with Gasteiger partial charge >= 0.3 is 5.97 Å². The number of carbonyl (C=O) groups is 1. The number of fused-ring (bicyclic) bond motifs is 1. The average molecular weight is 319 g/mol. The van der Waals surface area contributed by atoms with Crippen molar-refractivity contribution in [2.45, 2.75) is 13.5 Å². The Morgan fingerprint density at radius 2 is 2.23 bits per heavy atom. The number of hydrogen-bond acceptors (Lipinski definition) is 6. The Hall–Kier alpha value is -2.61. The summed E-state index contributed by atoms with van der Waals surface area (Å²) >= 11 is 1.26. The molecule has 0 radical (unpaired) electrons. The smallest absolute Gasteiger partial charge is 0.338 e. The topological polar surface area (TPSA) is 73.6 Å². The third-order valence-corrected chi connectivity index (χ3v) is 3.63. The van der Waals surface area contributed by atoms with E-state index in [4.69, 9.17) is 4.74 Å². The first-order chi connectivity index (χ1) is 10.5. The van der Waals surface area contributed by atoms with Gasteiger partial charge in [-0.25, -0.2) is 14.2 Å². The van der Waals surface area contributed by atoms with Crippen LogP contribution in [0.25, 0.3) is 4.96 Å². The Labute approximate surface area is 127 Å². The first-order valence-corrected chi connectivity index (χ1v) is 7.14. The summed E-state index contributed by atoms with van der Waals surface area (Å²) in [5.74, 6) is -1.20. The molecule has 1 aromatic carbocycles. The molecule has 3 rings (SSSR count). The minimum atomic E-state index is -0.679. The van der Waals surface area contributed by atoms with E-state index in [-0.39, 0.29) is 17.7 Å². The standard InChI is InChI=1S/C14H10FN3O3S/c1-8-17-18-12(19)6-11(16-14(18)22-8)7-21-13(20)9-3-2-4-10(15)5-9/h2-6H,7H2,1H3. The quantitative estimate of drug-likeness (QED) is 0.690. The molecule has 0 aliphatic carbocycles. The number of carbonyl (C=O) groups excluding carboxylic acids is 1. The summed E-state index contributed by atoms with van der Waals surface area (Å²) in [6.45, 7) is 1.60. The molecule has 8 heteroatoms. The van der Waals surface area contributed by atoms with Crippen molar-refractivity contribution in [3.63, 3.8) is 0 Å². The zero-order chi connectivity index (χ0) is 15.7. The highest BCUT2D eigenvalue weighted by atomic mass is 32.1. The molecule has 0 spiro atoms. The number of nitrogens with zero attached hydrogens (tertiary/aromatic N) is 3. The van der Waals surface area contributed by atoms with E-state index in [1.807, 2.05) is 0 Å². The van der Waals surface area contributed by atoms with Gasteiger partial charge in [0.1, 0.15) is 17.4 Å². The average Bonchev–Trinajstić information content (AvgIpc) is 2.86. The molecule has 3 aromatic rings. The summed E-state index contributed by atoms with van der Waals surface area (Å²) in [4.78, 5) is 28.3. The van der Waals surface area contributed by atoms with Crippen molar-refractivity contribution in [1.82, 2.24) is 14.6 Å². The summed E-state index contributed by atoms with van der Waals surface area (Å²) in [5.41, 5.74) is 0.0796. The Balaban J connectivity index is 1.79. The van der Waals surface area contributed by atoms with Gasteiger partial charge in [-0.05, 0) is 25.1 Å². The van der Waals surface area contributed by atoms with E-state index in [9.17, 15) is 14.0 Å². The molecule has 2 heterocycles. The summed E-state index contributed by atoms with van der Waals surface area (Å²) in [5, 5.41) is 4.72. The van der Waals surface area contributed by atoms with Crippen LogP contribution in [0.5, 0.6) is 0 Å². The fourth-order valence-electron chi connectivity index (χ4n) is 1.86. The lowest BCUT2D eigenvalue weighted by molar-refractivity contribution is 0.0467. The van der Waals surface area contributed by atoms with E-state index in [0.717, 1.165) is 6.07 Å². The maximum Gasteiger partial charge on any atom is 0.338 e. The molecule has 0 bridgehead atoms. The van der Waals surface area contributed by atoms with Gasteiger partial charge in [-0.1, -0.05) is 17.4 Å². The van der Waals surface area contributed by atoms with E-state index in [0.29, 0.717) is 15.7 Å². The number of esters is 1. The molecule has 0 unspecified atom stereocenters. The van der Waals surface area contributed by atoms with Crippen molar-refractivity contribution in [1.29, 1.82) is 0 Å². The van der Waals surface area contributed by atoms with E-state index in [1.165, 1.54) is 40.1 Å². The molecule has 2 aromatic heterocycles. The van der Waals surface area contributed by atoms with Crippen LogP contribution in [-0.2, 0) is 11.3 Å². The Kier molecular flexibility index (Phi) is 3.68. The summed E-state index contributed by atoms with van der Waals surface area (Å²) < 4.78 is 19.3. The zero-order valence-electron chi connectivity index (χ0n) is 11.4. The summed E-state index contributed by atoms with van der Waals surface area (Å²) in [6.07, 6.45) is 0. The molecule has 22 heavy (non-hydrogen) atoms. The molecule has 0 N–H and O–H groups in total. The van der Waals surface area contributed by atoms with Crippen LogP contribution in [0.1, 0.15) is 21.1 Å². The lowest BCUT2D eigenvalue weighted by Gasteiger charge is -2.04. The molecule has 112 valence electrons. The third-order valence-electron chi connectivity index (χ3n) is 2.81. The van der Waals surface area contributed by atoms with Crippen molar-refractivity contribution in [2.24, 2.45) is 0 Å². The van der Waals surface area contributed by atoms with Crippen LogP contribution >= 0.6 is 11.3 Å². The van der Waals surface area contributed by atoms with Gasteiger partial charge in [0.05, 0.1) is 11.3 Å². The number of rotatable bonds is 3. The highest BCUT2D eigenvalue weighted by molar-refractivity contribution is 7.16. The molecule has 0 aliphatic heterocycles. The van der Waals surface area contributed by atoms with E-state index in [1.54, 1.807) is 6.92 Å². The normalized spacial score (nSPS) is 10.8. The van der Waals surface area contributed by atoms with Crippen molar-refractivity contribution in [3.8, 4) is 0 Å². The van der Waals surface area contributed by atoms with Gasteiger partial charge in [0.2, 0.25) is 4.96 Å². The number of hydrogen-bond donors (Lipinski definition) is 0. The summed E-state index contributed by atoms with van der Waals surface area (Å²) in [6, 6.07) is 6.44. The van der Waals surface area contributed by atoms with Gasteiger partial charge in [0.25, 0.3) is 5.56 Å². The lowest BCUT2D eigenvalue weighted by Crippen LogP contribution is -2.16. The second kappa shape index (κ2) is 5.64. The van der Waals surface area contributed by atoms with E-state index >= 15 is 0 Å². The Morgan fingerprint density at radius 3 is 3.00 bits per heavy atom. The Morgan fingerprint density at radius 1 is 1.41 bits per heavy atom. The molecular formula is C14H10FN3O3S. The largest absolute Gasteiger partial charge is 0.456 e. The van der Waals surface area contributed by atoms with Crippen LogP contribution in [-0.4, -0.2) is 20.6 Å². The van der Waals surface area contributed by atoms with Gasteiger partial charge in [0.15, 0.2) is 0 Å². The predicted molar refractivity (Wildman–Crippen MR) is 77.4 cm³/mol. The molecule has 0 amide bonds. The second-order valence-electron chi connectivity index (χ2n) is 4.49. The van der Waals surface area contributed by atoms with Gasteiger partial charge in [-0.2, -0.15) is 9.61 Å². The predicted octanol–water partition coefficient (Wildman–Crippen LogP) is 1.96. The molecular weight excluding hydrogens is 309 g/mol. The molecule has 0 atom stereocenters. The molecule has 6 nitrogen and oxygen atoms in total. The first-order valence-electron chi connectivity index (χ1n) is 6.32. The maximum absolute atomic E-state index is 13.1. The van der Waals surface area contributed by atoms with Gasteiger partial charge in [-0.3, -0.25) is 4.79 Å². The fourth-order valence-corrected chi connectivity index (χ4v) is 2.63.